The second kappa shape index (κ2) is 7.16. The lowest BCUT2D eigenvalue weighted by Gasteiger charge is -2.22. The van der Waals surface area contributed by atoms with Gasteiger partial charge >= 0.3 is 0 Å². The first-order valence-corrected chi connectivity index (χ1v) is 9.73. The Kier molecular flexibility index (Phi) is 4.36. The Morgan fingerprint density at radius 2 is 2.11 bits per heavy atom. The molecule has 3 aromatic rings. The maximum Gasteiger partial charge on any atom is 0.276 e. The van der Waals surface area contributed by atoms with Gasteiger partial charge in [-0.3, -0.25) is 9.48 Å². The third kappa shape index (κ3) is 3.40. The van der Waals surface area contributed by atoms with Crippen LogP contribution in [-0.2, 0) is 0 Å². The van der Waals surface area contributed by atoms with E-state index in [0.29, 0.717) is 23.5 Å². The summed E-state index contributed by atoms with van der Waals surface area (Å²) in [5, 5.41) is 22.8. The first-order valence-electron chi connectivity index (χ1n) is 9.73. The maximum absolute atomic E-state index is 12.6. The summed E-state index contributed by atoms with van der Waals surface area (Å²) in [5.41, 5.74) is 1.99. The second-order valence-corrected chi connectivity index (χ2v) is 7.39. The lowest BCUT2D eigenvalue weighted by molar-refractivity contribution is 0.102. The summed E-state index contributed by atoms with van der Waals surface area (Å²) in [7, 11) is 0. The van der Waals surface area contributed by atoms with Crippen molar-refractivity contribution >= 4 is 11.6 Å². The number of benzene rings is 1. The van der Waals surface area contributed by atoms with Crippen LogP contribution in [0.2, 0.25) is 0 Å². The number of aromatic nitrogens is 6. The van der Waals surface area contributed by atoms with Crippen LogP contribution in [0.1, 0.15) is 48.3 Å². The molecule has 0 spiro atoms. The predicted octanol–water partition coefficient (Wildman–Crippen LogP) is 2.05. The van der Waals surface area contributed by atoms with Crippen LogP contribution >= 0.6 is 0 Å². The normalized spacial score (nSPS) is 19.5. The summed E-state index contributed by atoms with van der Waals surface area (Å²) in [6.07, 6.45) is 6.29. The van der Waals surface area contributed by atoms with E-state index in [1.807, 2.05) is 39.8 Å². The molecule has 0 bridgehead atoms. The van der Waals surface area contributed by atoms with Crippen LogP contribution in [0.4, 0.5) is 5.69 Å². The topological polar surface area (TPSA) is 103 Å². The van der Waals surface area contributed by atoms with E-state index in [4.69, 9.17) is 0 Å². The van der Waals surface area contributed by atoms with Gasteiger partial charge < -0.3 is 10.6 Å². The van der Waals surface area contributed by atoms with Crippen LogP contribution in [0.3, 0.4) is 0 Å². The molecule has 1 saturated carbocycles. The van der Waals surface area contributed by atoms with Gasteiger partial charge in [0, 0.05) is 24.0 Å². The minimum Gasteiger partial charge on any atom is -0.321 e. The zero-order chi connectivity index (χ0) is 18.9. The molecule has 2 aliphatic rings. The monoisotopic (exact) mass is 378 g/mol. The third-order valence-electron chi connectivity index (χ3n) is 5.25. The quantitative estimate of drug-likeness (QED) is 0.704. The number of hydrogen-bond donors (Lipinski definition) is 2. The van der Waals surface area contributed by atoms with Gasteiger partial charge in [-0.15, -0.1) is 5.10 Å². The van der Waals surface area contributed by atoms with E-state index in [1.54, 1.807) is 6.07 Å². The van der Waals surface area contributed by atoms with E-state index in [-0.39, 0.29) is 5.91 Å². The van der Waals surface area contributed by atoms with Gasteiger partial charge in [0.05, 0.1) is 12.1 Å². The Morgan fingerprint density at radius 3 is 2.93 bits per heavy atom. The summed E-state index contributed by atoms with van der Waals surface area (Å²) in [5.74, 6) is 0.508. The van der Waals surface area contributed by atoms with Gasteiger partial charge in [0.1, 0.15) is 0 Å². The number of nitrogens with zero attached hydrogens (tertiary/aromatic N) is 6. The highest BCUT2D eigenvalue weighted by Crippen LogP contribution is 2.36. The largest absolute Gasteiger partial charge is 0.321 e. The molecular formula is C19H22N8O. The molecule has 2 aromatic heterocycles. The number of anilines is 1. The van der Waals surface area contributed by atoms with Crippen LogP contribution in [0.5, 0.6) is 0 Å². The molecule has 144 valence electrons. The molecule has 2 fully saturated rings. The van der Waals surface area contributed by atoms with Crippen molar-refractivity contribution in [1.82, 2.24) is 35.3 Å². The number of hydrogen-bond acceptors (Lipinski definition) is 6. The highest BCUT2D eigenvalue weighted by atomic mass is 16.2. The van der Waals surface area contributed by atoms with E-state index in [2.05, 4.69) is 31.3 Å². The molecule has 1 unspecified atom stereocenters. The highest BCUT2D eigenvalue weighted by Gasteiger charge is 2.28. The number of amides is 1. The van der Waals surface area contributed by atoms with Crippen molar-refractivity contribution in [3.05, 3.63) is 42.2 Å². The Labute approximate surface area is 162 Å². The van der Waals surface area contributed by atoms with Gasteiger partial charge in [-0.25, -0.2) is 4.68 Å². The molecule has 1 aromatic carbocycles. The van der Waals surface area contributed by atoms with E-state index in [0.717, 1.165) is 50.2 Å². The number of tetrazole rings is 1. The number of rotatable bonds is 5. The van der Waals surface area contributed by atoms with Crippen LogP contribution in [-0.4, -0.2) is 49.0 Å². The minimum atomic E-state index is -0.221. The molecule has 1 aliphatic carbocycles. The summed E-state index contributed by atoms with van der Waals surface area (Å²) < 4.78 is 3.75. The fraction of sp³-hybridized carbons (Fsp3) is 0.421. The standard InChI is InChI=1S/C19H22N8O/c28-19(17-8-10-26(23-17)16-5-2-9-20-12-16)21-14-4-1-3-13(11-14)18-22-24-25-27(18)15-6-7-15/h1,3-4,8,10-11,15-16,20H,2,5-7,9,12H2,(H,21,28). The number of piperidine rings is 1. The Bertz CT molecular complexity index is 983. The van der Waals surface area contributed by atoms with Crippen LogP contribution in [0, 0.1) is 0 Å². The summed E-state index contributed by atoms with van der Waals surface area (Å²) in [4.78, 5) is 12.6. The molecule has 1 amide bonds. The van der Waals surface area contributed by atoms with Crippen molar-refractivity contribution in [2.45, 2.75) is 37.8 Å². The smallest absolute Gasteiger partial charge is 0.276 e. The average molecular weight is 378 g/mol. The first kappa shape index (κ1) is 17.1. The lowest BCUT2D eigenvalue weighted by atomic mass is 10.1. The molecule has 9 nitrogen and oxygen atoms in total. The van der Waals surface area contributed by atoms with Crippen LogP contribution in [0.15, 0.2) is 36.5 Å². The Hall–Kier alpha value is -3.07. The molecule has 1 saturated heterocycles. The lowest BCUT2D eigenvalue weighted by Crippen LogP contribution is -2.32. The number of nitrogens with one attached hydrogen (secondary N) is 2. The highest BCUT2D eigenvalue weighted by molar-refractivity contribution is 6.03. The van der Waals surface area contributed by atoms with Crippen LogP contribution in [0.25, 0.3) is 11.4 Å². The van der Waals surface area contributed by atoms with Crippen molar-refractivity contribution in [1.29, 1.82) is 0 Å². The Balaban J connectivity index is 1.31. The average Bonchev–Trinajstić information content (AvgIpc) is 3.26. The fourth-order valence-corrected chi connectivity index (χ4v) is 3.60. The van der Waals surface area contributed by atoms with Gasteiger partial charge in [-0.2, -0.15) is 5.10 Å². The summed E-state index contributed by atoms with van der Waals surface area (Å²) in [6, 6.07) is 10.1. The van der Waals surface area contributed by atoms with Gasteiger partial charge in [0.15, 0.2) is 11.5 Å². The summed E-state index contributed by atoms with van der Waals surface area (Å²) in [6.45, 7) is 1.94. The molecular weight excluding hydrogens is 356 g/mol. The zero-order valence-electron chi connectivity index (χ0n) is 15.5. The zero-order valence-corrected chi connectivity index (χ0v) is 15.5. The number of carbonyl (C=O) groups excluding carboxylic acids is 1. The Morgan fingerprint density at radius 1 is 1.18 bits per heavy atom. The van der Waals surface area contributed by atoms with Crippen LogP contribution < -0.4 is 10.6 Å². The van der Waals surface area contributed by atoms with Crippen molar-refractivity contribution in [3.8, 4) is 11.4 Å². The maximum atomic E-state index is 12.6. The van der Waals surface area contributed by atoms with E-state index in [1.165, 1.54) is 0 Å². The molecule has 2 N–H and O–H groups in total. The third-order valence-corrected chi connectivity index (χ3v) is 5.25. The number of carbonyl (C=O) groups is 1. The van der Waals surface area contributed by atoms with E-state index >= 15 is 0 Å². The van der Waals surface area contributed by atoms with E-state index < -0.39 is 0 Å². The molecule has 9 heteroatoms. The SMILES string of the molecule is O=C(Nc1cccc(-c2nnnn2C2CC2)c1)c1ccn(C2CCCNC2)n1. The van der Waals surface area contributed by atoms with Crippen molar-refractivity contribution < 1.29 is 4.79 Å². The fourth-order valence-electron chi connectivity index (χ4n) is 3.60. The molecule has 28 heavy (non-hydrogen) atoms. The van der Waals surface area contributed by atoms with Crippen molar-refractivity contribution in [3.63, 3.8) is 0 Å². The van der Waals surface area contributed by atoms with Gasteiger partial charge in [-0.1, -0.05) is 12.1 Å². The first-order chi connectivity index (χ1) is 13.8. The van der Waals surface area contributed by atoms with Gasteiger partial charge in [0.25, 0.3) is 5.91 Å². The van der Waals surface area contributed by atoms with Gasteiger partial charge in [-0.05, 0) is 60.9 Å². The van der Waals surface area contributed by atoms with Gasteiger partial charge in [0.2, 0.25) is 0 Å². The molecule has 5 rings (SSSR count). The van der Waals surface area contributed by atoms with Crippen molar-refractivity contribution in [2.75, 3.05) is 18.4 Å². The molecule has 1 atom stereocenters. The summed E-state index contributed by atoms with van der Waals surface area (Å²) >= 11 is 0. The molecule has 1 aliphatic heterocycles. The van der Waals surface area contributed by atoms with Crippen molar-refractivity contribution in [2.24, 2.45) is 0 Å². The second-order valence-electron chi connectivity index (χ2n) is 7.39. The molecule has 0 radical (unpaired) electrons. The predicted molar refractivity (Wildman–Crippen MR) is 103 cm³/mol. The molecule has 3 heterocycles. The van der Waals surface area contributed by atoms with E-state index in [9.17, 15) is 4.79 Å². The minimum absolute atomic E-state index is 0.221.